The SMILES string of the molecule is CCCCC/C=C\C/C=C\C/C=C\C/C=C\CCCCCC(=O)OC(/C=C\CCCCCCCCCCCCC)C(COP(=O)(O)OCC[N+](C)(C)C)NC(=O)CCCCCCCCCCCCCCCCCCCCCCCCCCCCC. The molecule has 0 saturated carbocycles. The highest BCUT2D eigenvalue weighted by Crippen LogP contribution is 2.43. The fourth-order valence-corrected chi connectivity index (χ4v) is 11.5. The van der Waals surface area contributed by atoms with E-state index >= 15 is 0 Å². The molecule has 3 unspecified atom stereocenters. The van der Waals surface area contributed by atoms with Crippen molar-refractivity contribution in [1.82, 2.24) is 5.32 Å². The van der Waals surface area contributed by atoms with Gasteiger partial charge in [0.1, 0.15) is 19.3 Å². The molecule has 9 nitrogen and oxygen atoms in total. The molecule has 0 bridgehead atoms. The molecule has 0 aromatic heterocycles. The predicted octanol–water partition coefficient (Wildman–Crippen LogP) is 23.3. The number of likely N-dealkylation sites (N-methyl/N-ethyl adjacent to an activating group) is 1. The zero-order chi connectivity index (χ0) is 62.1. The standard InChI is InChI=1S/C75H141N2O7P/c1-7-10-13-16-19-22-25-28-30-32-34-35-36-37-38-39-40-41-43-44-46-49-52-55-58-61-64-67-74(78)76-72(71-83-85(80,81)82-70-69-77(4,5)6)73(66-63-60-57-54-51-48-27-24-21-18-15-12-9-3)84-75(79)68-65-62-59-56-53-50-47-45-42-33-31-29-26-23-20-17-14-11-8-2/h20,23,29,31,42,45,50,53,63,66,72-73H,7-19,21-22,24-28,30,32-41,43-44,46-49,51-52,54-62,64-65,67-71H2,1-6H3,(H-,76,78,80,81)/p+1/b23-20-,31-29-,45-42-,53-50-,66-63-. The van der Waals surface area contributed by atoms with E-state index in [1.54, 1.807) is 0 Å². The summed E-state index contributed by atoms with van der Waals surface area (Å²) in [5, 5.41) is 3.07. The number of nitrogens with one attached hydrogen (secondary N) is 1. The topological polar surface area (TPSA) is 111 Å². The number of nitrogens with zero attached hydrogens (tertiary/aromatic N) is 1. The first-order valence-electron chi connectivity index (χ1n) is 36.6. The zero-order valence-corrected chi connectivity index (χ0v) is 58.0. The molecule has 0 spiro atoms. The van der Waals surface area contributed by atoms with Crippen molar-refractivity contribution in [1.29, 1.82) is 0 Å². The van der Waals surface area contributed by atoms with Gasteiger partial charge in [-0.05, 0) is 76.7 Å². The van der Waals surface area contributed by atoms with Crippen molar-refractivity contribution in [2.24, 2.45) is 0 Å². The molecule has 0 aromatic rings. The largest absolute Gasteiger partial charge is 0.472 e. The second-order valence-corrected chi connectivity index (χ2v) is 27.6. The van der Waals surface area contributed by atoms with Crippen molar-refractivity contribution in [2.45, 2.75) is 367 Å². The summed E-state index contributed by atoms with van der Waals surface area (Å²) in [7, 11) is 1.49. The Morgan fingerprint density at radius 1 is 0.412 bits per heavy atom. The third-order valence-electron chi connectivity index (χ3n) is 16.5. The number of esters is 1. The molecule has 85 heavy (non-hydrogen) atoms. The normalized spacial score (nSPS) is 13.8. The van der Waals surface area contributed by atoms with E-state index in [1.165, 1.54) is 238 Å². The molecule has 0 aliphatic rings. The second kappa shape index (κ2) is 64.7. The molecule has 10 heteroatoms. The van der Waals surface area contributed by atoms with Crippen LogP contribution < -0.4 is 5.32 Å². The molecule has 0 rings (SSSR count). The molecular weight excluding hydrogens is 1070 g/mol. The summed E-state index contributed by atoms with van der Waals surface area (Å²) in [5.74, 6) is -0.526. The van der Waals surface area contributed by atoms with Gasteiger partial charge in [0.05, 0.1) is 33.8 Å². The van der Waals surface area contributed by atoms with Crippen LogP contribution in [0.1, 0.15) is 355 Å². The number of phosphoric ester groups is 1. The molecule has 0 aliphatic heterocycles. The van der Waals surface area contributed by atoms with E-state index in [2.05, 4.69) is 74.7 Å². The minimum absolute atomic E-state index is 0.0353. The van der Waals surface area contributed by atoms with E-state index in [-0.39, 0.29) is 31.5 Å². The molecule has 0 fully saturated rings. The Kier molecular flexibility index (Phi) is 62.9. The number of rotatable bonds is 67. The van der Waals surface area contributed by atoms with Crippen molar-refractivity contribution in [3.63, 3.8) is 0 Å². The van der Waals surface area contributed by atoms with Crippen LogP contribution in [0, 0.1) is 0 Å². The first-order valence-corrected chi connectivity index (χ1v) is 38.1. The zero-order valence-electron chi connectivity index (χ0n) is 57.1. The van der Waals surface area contributed by atoms with Gasteiger partial charge in [0, 0.05) is 12.8 Å². The Balaban J connectivity index is 5.06. The number of carbonyl (C=O) groups is 2. The summed E-state index contributed by atoms with van der Waals surface area (Å²) < 4.78 is 30.8. The maximum absolute atomic E-state index is 13.6. The van der Waals surface area contributed by atoms with E-state index in [9.17, 15) is 19.0 Å². The van der Waals surface area contributed by atoms with Gasteiger partial charge in [-0.3, -0.25) is 18.6 Å². The Morgan fingerprint density at radius 3 is 1.11 bits per heavy atom. The number of ether oxygens (including phenoxy) is 1. The summed E-state index contributed by atoms with van der Waals surface area (Å²) in [5.41, 5.74) is 0. The van der Waals surface area contributed by atoms with E-state index in [1.807, 2.05) is 33.3 Å². The third kappa shape index (κ3) is 66.0. The minimum Gasteiger partial charge on any atom is -0.456 e. The summed E-state index contributed by atoms with van der Waals surface area (Å²) >= 11 is 0. The number of amides is 1. The number of phosphoric acid groups is 1. The lowest BCUT2D eigenvalue weighted by atomic mass is 10.0. The molecule has 0 aromatic carbocycles. The van der Waals surface area contributed by atoms with Crippen LogP contribution in [0.4, 0.5) is 0 Å². The average molecular weight is 1210 g/mol. The van der Waals surface area contributed by atoms with Gasteiger partial charge < -0.3 is 19.4 Å². The van der Waals surface area contributed by atoms with Gasteiger partial charge in [0.25, 0.3) is 0 Å². The summed E-state index contributed by atoms with van der Waals surface area (Å²) in [6, 6.07) is -0.862. The van der Waals surface area contributed by atoms with E-state index in [0.717, 1.165) is 77.0 Å². The van der Waals surface area contributed by atoms with Gasteiger partial charge in [0.15, 0.2) is 0 Å². The Bertz CT molecular complexity index is 1640. The van der Waals surface area contributed by atoms with E-state index < -0.39 is 20.0 Å². The smallest absolute Gasteiger partial charge is 0.456 e. The molecule has 0 heterocycles. The third-order valence-corrected chi connectivity index (χ3v) is 17.4. The van der Waals surface area contributed by atoms with Gasteiger partial charge in [0.2, 0.25) is 5.91 Å². The van der Waals surface area contributed by atoms with E-state index in [4.69, 9.17) is 13.8 Å². The van der Waals surface area contributed by atoms with Gasteiger partial charge in [-0.2, -0.15) is 0 Å². The molecule has 0 saturated heterocycles. The van der Waals surface area contributed by atoms with Crippen molar-refractivity contribution in [3.05, 3.63) is 60.8 Å². The average Bonchev–Trinajstić information content (AvgIpc) is 3.50. The second-order valence-electron chi connectivity index (χ2n) is 26.1. The van der Waals surface area contributed by atoms with Crippen molar-refractivity contribution < 1.29 is 37.3 Å². The number of allylic oxidation sites excluding steroid dienone is 9. The number of unbranched alkanes of at least 4 members (excludes halogenated alkanes) is 43. The van der Waals surface area contributed by atoms with Crippen LogP contribution >= 0.6 is 7.82 Å². The number of hydrogen-bond donors (Lipinski definition) is 2. The van der Waals surface area contributed by atoms with E-state index in [0.29, 0.717) is 23.9 Å². The minimum atomic E-state index is -4.46. The van der Waals surface area contributed by atoms with Gasteiger partial charge in [-0.15, -0.1) is 0 Å². The summed E-state index contributed by atoms with van der Waals surface area (Å²) in [6.07, 6.45) is 83.9. The highest BCUT2D eigenvalue weighted by atomic mass is 31.2. The lowest BCUT2D eigenvalue weighted by Gasteiger charge is -2.27. The molecule has 3 atom stereocenters. The number of hydrogen-bond acceptors (Lipinski definition) is 6. The molecule has 498 valence electrons. The van der Waals surface area contributed by atoms with Crippen molar-refractivity contribution >= 4 is 19.7 Å². The Labute approximate surface area is 528 Å². The van der Waals surface area contributed by atoms with Gasteiger partial charge in [-0.25, -0.2) is 4.57 Å². The molecular formula is C75H142N2O7P+. The van der Waals surface area contributed by atoms with Crippen LogP contribution in [0.3, 0.4) is 0 Å². The molecule has 2 N–H and O–H groups in total. The van der Waals surface area contributed by atoms with Crippen molar-refractivity contribution in [2.75, 3.05) is 40.9 Å². The maximum atomic E-state index is 13.6. The first-order chi connectivity index (χ1) is 41.4. The number of carbonyl (C=O) groups excluding carboxylic acids is 2. The monoisotopic (exact) mass is 1210 g/mol. The molecule has 0 radical (unpaired) electrons. The van der Waals surface area contributed by atoms with Crippen LogP contribution in [-0.4, -0.2) is 74.3 Å². The number of quaternary nitrogens is 1. The molecule has 0 aliphatic carbocycles. The summed E-state index contributed by atoms with van der Waals surface area (Å²) in [6.45, 7) is 7.02. The van der Waals surface area contributed by atoms with Crippen LogP contribution in [-0.2, 0) is 27.9 Å². The van der Waals surface area contributed by atoms with Crippen LogP contribution in [0.15, 0.2) is 60.8 Å². The fraction of sp³-hybridized carbons (Fsp3) is 0.840. The van der Waals surface area contributed by atoms with Gasteiger partial charge in [-0.1, -0.05) is 326 Å². The van der Waals surface area contributed by atoms with Crippen LogP contribution in [0.25, 0.3) is 0 Å². The highest BCUT2D eigenvalue weighted by molar-refractivity contribution is 7.47. The first kappa shape index (κ1) is 82.7. The highest BCUT2D eigenvalue weighted by Gasteiger charge is 2.30. The molecule has 1 amide bonds. The fourth-order valence-electron chi connectivity index (χ4n) is 10.8. The van der Waals surface area contributed by atoms with Crippen LogP contribution in [0.5, 0.6) is 0 Å². The quantitative estimate of drug-likeness (QED) is 0.0205. The lowest BCUT2D eigenvalue weighted by Crippen LogP contribution is -2.47. The lowest BCUT2D eigenvalue weighted by molar-refractivity contribution is -0.870. The Morgan fingerprint density at radius 2 is 0.718 bits per heavy atom. The predicted molar refractivity (Wildman–Crippen MR) is 369 cm³/mol. The van der Waals surface area contributed by atoms with Crippen LogP contribution in [0.2, 0.25) is 0 Å². The van der Waals surface area contributed by atoms with Crippen molar-refractivity contribution in [3.8, 4) is 0 Å². The Hall–Kier alpha value is -2.29. The summed E-state index contributed by atoms with van der Waals surface area (Å²) in [4.78, 5) is 37.9. The maximum Gasteiger partial charge on any atom is 0.472 e. The van der Waals surface area contributed by atoms with Gasteiger partial charge >= 0.3 is 13.8 Å².